The Kier molecular flexibility index (Phi) is 6.10. The molecule has 0 radical (unpaired) electrons. The van der Waals surface area contributed by atoms with E-state index in [4.69, 9.17) is 10.7 Å². The van der Waals surface area contributed by atoms with Crippen LogP contribution in [0.15, 0.2) is 85.2 Å². The van der Waals surface area contributed by atoms with Crippen LogP contribution in [0.4, 0.5) is 17.2 Å². The Hall–Kier alpha value is -5.05. The van der Waals surface area contributed by atoms with Gasteiger partial charge in [-0.05, 0) is 66.2 Å². The standard InChI is InChI=1S/C27H23N7O2/c1-17(35)31-19-9-11-20(12-10-19)32-24(36)16-18-5-2-6-21(15-18)34-26(22-7-3-13-29-25(22)28)33-23-8-4-14-30-27(23)34/h2-15H,16H2,1H3,(H2,28,29)(H,31,35)(H,32,36). The van der Waals surface area contributed by atoms with E-state index in [0.717, 1.165) is 16.8 Å². The Bertz CT molecular complexity index is 1580. The summed E-state index contributed by atoms with van der Waals surface area (Å²) in [4.78, 5) is 37.4. The fourth-order valence-electron chi connectivity index (χ4n) is 3.98. The normalized spacial score (nSPS) is 10.8. The highest BCUT2D eigenvalue weighted by Gasteiger charge is 2.18. The van der Waals surface area contributed by atoms with Crippen LogP contribution >= 0.6 is 0 Å². The molecule has 3 aromatic heterocycles. The molecular weight excluding hydrogens is 454 g/mol. The number of rotatable bonds is 6. The van der Waals surface area contributed by atoms with Crippen molar-refractivity contribution in [2.75, 3.05) is 16.4 Å². The third kappa shape index (κ3) is 4.76. The molecule has 2 aromatic carbocycles. The average Bonchev–Trinajstić information content (AvgIpc) is 3.25. The molecule has 4 N–H and O–H groups in total. The largest absolute Gasteiger partial charge is 0.383 e. The predicted molar refractivity (Wildman–Crippen MR) is 140 cm³/mol. The van der Waals surface area contributed by atoms with Gasteiger partial charge in [-0.1, -0.05) is 12.1 Å². The summed E-state index contributed by atoms with van der Waals surface area (Å²) < 4.78 is 1.92. The van der Waals surface area contributed by atoms with Gasteiger partial charge in [0, 0.05) is 36.4 Å². The van der Waals surface area contributed by atoms with Crippen LogP contribution in [0.5, 0.6) is 0 Å². The number of hydrogen-bond acceptors (Lipinski definition) is 6. The lowest BCUT2D eigenvalue weighted by Gasteiger charge is -2.12. The number of aromatic nitrogens is 4. The summed E-state index contributed by atoms with van der Waals surface area (Å²) in [6, 6.07) is 22.0. The first-order valence-electron chi connectivity index (χ1n) is 11.3. The van der Waals surface area contributed by atoms with E-state index in [9.17, 15) is 9.59 Å². The monoisotopic (exact) mass is 477 g/mol. The highest BCUT2D eigenvalue weighted by Crippen LogP contribution is 2.30. The second-order valence-electron chi connectivity index (χ2n) is 8.21. The first-order valence-corrected chi connectivity index (χ1v) is 11.3. The van der Waals surface area contributed by atoms with Gasteiger partial charge in [-0.3, -0.25) is 14.2 Å². The molecule has 9 heteroatoms. The maximum absolute atomic E-state index is 12.8. The van der Waals surface area contributed by atoms with Crippen LogP contribution in [-0.2, 0) is 16.0 Å². The van der Waals surface area contributed by atoms with Gasteiger partial charge < -0.3 is 16.4 Å². The number of hydrogen-bond donors (Lipinski definition) is 3. The number of pyridine rings is 2. The number of nitrogens with two attached hydrogens (primary N) is 1. The van der Waals surface area contributed by atoms with Gasteiger partial charge in [-0.2, -0.15) is 0 Å². The SMILES string of the molecule is CC(=O)Nc1ccc(NC(=O)Cc2cccc(-n3c(-c4cccnc4N)nc4cccnc43)c2)cc1. The van der Waals surface area contributed by atoms with Crippen LogP contribution in [0.3, 0.4) is 0 Å². The van der Waals surface area contributed by atoms with E-state index in [0.29, 0.717) is 34.2 Å². The zero-order chi connectivity index (χ0) is 25.1. The summed E-state index contributed by atoms with van der Waals surface area (Å²) in [6.07, 6.45) is 3.52. The number of benzene rings is 2. The Labute approximate surface area is 207 Å². The molecule has 178 valence electrons. The molecule has 5 aromatic rings. The third-order valence-electron chi connectivity index (χ3n) is 5.52. The molecular formula is C27H23N7O2. The van der Waals surface area contributed by atoms with E-state index in [2.05, 4.69) is 20.6 Å². The minimum atomic E-state index is -0.162. The summed E-state index contributed by atoms with van der Waals surface area (Å²) in [5.41, 5.74) is 11.2. The summed E-state index contributed by atoms with van der Waals surface area (Å²) >= 11 is 0. The van der Waals surface area contributed by atoms with Gasteiger partial charge in [0.15, 0.2) is 11.5 Å². The molecule has 36 heavy (non-hydrogen) atoms. The average molecular weight is 478 g/mol. The van der Waals surface area contributed by atoms with Crippen molar-refractivity contribution in [2.45, 2.75) is 13.3 Å². The predicted octanol–water partition coefficient (Wildman–Crippen LogP) is 4.20. The van der Waals surface area contributed by atoms with Crippen LogP contribution in [-0.4, -0.2) is 31.3 Å². The zero-order valence-corrected chi connectivity index (χ0v) is 19.5. The fourth-order valence-corrected chi connectivity index (χ4v) is 3.98. The van der Waals surface area contributed by atoms with E-state index < -0.39 is 0 Å². The Morgan fingerprint density at radius 3 is 2.36 bits per heavy atom. The number of imidazole rings is 1. The van der Waals surface area contributed by atoms with Crippen molar-refractivity contribution in [3.8, 4) is 17.1 Å². The number of carbonyl (C=O) groups is 2. The first kappa shape index (κ1) is 22.7. The molecule has 3 heterocycles. The van der Waals surface area contributed by atoms with E-state index in [-0.39, 0.29) is 18.2 Å². The van der Waals surface area contributed by atoms with Crippen LogP contribution in [0.2, 0.25) is 0 Å². The number of nitrogens with zero attached hydrogens (tertiary/aromatic N) is 4. The Balaban J connectivity index is 1.43. The summed E-state index contributed by atoms with van der Waals surface area (Å²) in [7, 11) is 0. The molecule has 0 bridgehead atoms. The summed E-state index contributed by atoms with van der Waals surface area (Å²) in [6.45, 7) is 1.45. The Morgan fingerprint density at radius 2 is 1.61 bits per heavy atom. The minimum Gasteiger partial charge on any atom is -0.383 e. The van der Waals surface area contributed by atoms with Crippen molar-refractivity contribution in [1.29, 1.82) is 0 Å². The van der Waals surface area contributed by atoms with E-state index >= 15 is 0 Å². The second-order valence-corrected chi connectivity index (χ2v) is 8.21. The van der Waals surface area contributed by atoms with Gasteiger partial charge in [0.2, 0.25) is 11.8 Å². The molecule has 9 nitrogen and oxygen atoms in total. The number of nitrogen functional groups attached to an aromatic ring is 1. The minimum absolute atomic E-state index is 0.151. The van der Waals surface area contributed by atoms with Crippen molar-refractivity contribution in [1.82, 2.24) is 19.5 Å². The van der Waals surface area contributed by atoms with Crippen LogP contribution in [0.25, 0.3) is 28.2 Å². The molecule has 0 atom stereocenters. The van der Waals surface area contributed by atoms with Gasteiger partial charge >= 0.3 is 0 Å². The molecule has 0 aliphatic rings. The first-order chi connectivity index (χ1) is 17.5. The van der Waals surface area contributed by atoms with Gasteiger partial charge in [0.05, 0.1) is 12.0 Å². The highest BCUT2D eigenvalue weighted by molar-refractivity contribution is 5.93. The van der Waals surface area contributed by atoms with E-state index in [1.807, 2.05) is 53.1 Å². The number of nitrogens with one attached hydrogen (secondary N) is 2. The third-order valence-corrected chi connectivity index (χ3v) is 5.52. The molecule has 0 aliphatic carbocycles. The molecule has 5 rings (SSSR count). The molecule has 0 saturated heterocycles. The summed E-state index contributed by atoms with van der Waals surface area (Å²) in [5.74, 6) is 0.677. The molecule has 0 spiro atoms. The van der Waals surface area contributed by atoms with Crippen LogP contribution in [0.1, 0.15) is 12.5 Å². The van der Waals surface area contributed by atoms with Gasteiger partial charge in [0.1, 0.15) is 11.3 Å². The number of carbonyl (C=O) groups excluding carboxylic acids is 2. The zero-order valence-electron chi connectivity index (χ0n) is 19.5. The summed E-state index contributed by atoms with van der Waals surface area (Å²) in [5, 5.41) is 5.59. The molecule has 2 amide bonds. The lowest BCUT2D eigenvalue weighted by Crippen LogP contribution is -2.14. The maximum Gasteiger partial charge on any atom is 0.228 e. The van der Waals surface area contributed by atoms with E-state index in [1.54, 1.807) is 36.7 Å². The van der Waals surface area contributed by atoms with Gasteiger partial charge in [0.25, 0.3) is 0 Å². The van der Waals surface area contributed by atoms with Crippen molar-refractivity contribution in [2.24, 2.45) is 0 Å². The van der Waals surface area contributed by atoms with Crippen molar-refractivity contribution in [3.63, 3.8) is 0 Å². The topological polar surface area (TPSA) is 128 Å². The molecule has 0 saturated carbocycles. The quantitative estimate of drug-likeness (QED) is 0.336. The number of anilines is 3. The van der Waals surface area contributed by atoms with Crippen molar-refractivity contribution < 1.29 is 9.59 Å². The molecule has 0 fully saturated rings. The van der Waals surface area contributed by atoms with Crippen molar-refractivity contribution >= 4 is 40.2 Å². The lowest BCUT2D eigenvalue weighted by atomic mass is 10.1. The molecule has 0 unspecified atom stereocenters. The van der Waals surface area contributed by atoms with E-state index in [1.165, 1.54) is 6.92 Å². The van der Waals surface area contributed by atoms with Crippen LogP contribution in [0, 0.1) is 0 Å². The fraction of sp³-hybridized carbons (Fsp3) is 0.0741. The van der Waals surface area contributed by atoms with Crippen molar-refractivity contribution in [3.05, 3.63) is 90.8 Å². The number of amides is 2. The molecule has 0 aliphatic heterocycles. The smallest absolute Gasteiger partial charge is 0.228 e. The van der Waals surface area contributed by atoms with Crippen LogP contribution < -0.4 is 16.4 Å². The van der Waals surface area contributed by atoms with Gasteiger partial charge in [-0.25, -0.2) is 15.0 Å². The highest BCUT2D eigenvalue weighted by atomic mass is 16.2. The second kappa shape index (κ2) is 9.67. The Morgan fingerprint density at radius 1 is 0.889 bits per heavy atom. The van der Waals surface area contributed by atoms with Gasteiger partial charge in [-0.15, -0.1) is 0 Å². The number of fused-ring (bicyclic) bond motifs is 1. The lowest BCUT2D eigenvalue weighted by molar-refractivity contribution is -0.116. The maximum atomic E-state index is 12.8.